The van der Waals surface area contributed by atoms with Crippen molar-refractivity contribution in [3.05, 3.63) is 71.8 Å². The van der Waals surface area contributed by atoms with Gasteiger partial charge in [0.05, 0.1) is 0 Å². The molecule has 2 heteroatoms. The van der Waals surface area contributed by atoms with Gasteiger partial charge in [-0.05, 0) is 45.8 Å². The second kappa shape index (κ2) is 4.25. The smallest absolute Gasteiger partial charge is 0.136 e. The molecule has 0 spiro atoms. The summed E-state index contributed by atoms with van der Waals surface area (Å²) < 4.78 is 5.97. The zero-order chi connectivity index (χ0) is 14.7. The van der Waals surface area contributed by atoms with E-state index in [9.17, 15) is 0 Å². The molecule has 0 amide bonds. The van der Waals surface area contributed by atoms with Crippen molar-refractivity contribution in [1.82, 2.24) is 0 Å². The van der Waals surface area contributed by atoms with Gasteiger partial charge >= 0.3 is 0 Å². The van der Waals surface area contributed by atoms with Crippen LogP contribution in [0.25, 0.3) is 43.5 Å². The maximum Gasteiger partial charge on any atom is 0.136 e. The molecular formula is C20H11ClO. The summed E-state index contributed by atoms with van der Waals surface area (Å²) in [6.45, 7) is 0. The molecule has 0 unspecified atom stereocenters. The molecule has 0 saturated carbocycles. The van der Waals surface area contributed by atoms with E-state index in [2.05, 4.69) is 36.4 Å². The predicted octanol–water partition coefficient (Wildman–Crippen LogP) is 6.55. The molecule has 5 aromatic rings. The Morgan fingerprint density at radius 2 is 1.45 bits per heavy atom. The number of rotatable bonds is 0. The van der Waals surface area contributed by atoms with E-state index in [1.165, 1.54) is 26.9 Å². The molecule has 0 aliphatic carbocycles. The van der Waals surface area contributed by atoms with E-state index in [4.69, 9.17) is 16.0 Å². The van der Waals surface area contributed by atoms with Crippen molar-refractivity contribution in [3.63, 3.8) is 0 Å². The molecule has 0 aliphatic rings. The summed E-state index contributed by atoms with van der Waals surface area (Å²) >= 11 is 6.19. The number of hydrogen-bond acceptors (Lipinski definition) is 1. The molecule has 5 rings (SSSR count). The summed E-state index contributed by atoms with van der Waals surface area (Å²) in [7, 11) is 0. The van der Waals surface area contributed by atoms with E-state index >= 15 is 0 Å². The number of benzene rings is 4. The summed E-state index contributed by atoms with van der Waals surface area (Å²) in [5.41, 5.74) is 1.85. The molecule has 0 N–H and O–H groups in total. The topological polar surface area (TPSA) is 13.1 Å². The van der Waals surface area contributed by atoms with Crippen LogP contribution in [-0.4, -0.2) is 0 Å². The van der Waals surface area contributed by atoms with Crippen molar-refractivity contribution < 1.29 is 4.42 Å². The summed E-state index contributed by atoms with van der Waals surface area (Å²) in [5, 5.41) is 7.88. The maximum atomic E-state index is 6.19. The van der Waals surface area contributed by atoms with Crippen molar-refractivity contribution in [3.8, 4) is 0 Å². The lowest BCUT2D eigenvalue weighted by atomic mass is 9.98. The first kappa shape index (κ1) is 12.1. The Labute approximate surface area is 131 Å². The molecular weight excluding hydrogens is 292 g/mol. The number of fused-ring (bicyclic) bond motifs is 7. The van der Waals surface area contributed by atoms with Gasteiger partial charge in [-0.2, -0.15) is 0 Å². The van der Waals surface area contributed by atoms with Crippen molar-refractivity contribution in [1.29, 1.82) is 0 Å². The van der Waals surface area contributed by atoms with Crippen LogP contribution < -0.4 is 0 Å². The fourth-order valence-corrected chi connectivity index (χ4v) is 3.50. The van der Waals surface area contributed by atoms with Crippen molar-refractivity contribution in [2.45, 2.75) is 0 Å². The second-order valence-electron chi connectivity index (χ2n) is 5.56. The molecule has 0 bridgehead atoms. The zero-order valence-electron chi connectivity index (χ0n) is 11.6. The van der Waals surface area contributed by atoms with Crippen molar-refractivity contribution in [2.75, 3.05) is 0 Å². The highest BCUT2D eigenvalue weighted by Crippen LogP contribution is 2.37. The molecule has 1 heterocycles. The summed E-state index contributed by atoms with van der Waals surface area (Å²) in [4.78, 5) is 0. The van der Waals surface area contributed by atoms with Gasteiger partial charge in [-0.1, -0.05) is 54.1 Å². The summed E-state index contributed by atoms with van der Waals surface area (Å²) in [6.07, 6.45) is 0. The van der Waals surface area contributed by atoms with Gasteiger partial charge < -0.3 is 4.42 Å². The summed E-state index contributed by atoms with van der Waals surface area (Å²) in [6, 6.07) is 22.7. The normalized spacial score (nSPS) is 11.9. The third-order valence-corrected chi connectivity index (χ3v) is 4.55. The van der Waals surface area contributed by atoms with Crippen LogP contribution in [0.15, 0.2) is 71.1 Å². The van der Waals surface area contributed by atoms with E-state index in [1.54, 1.807) is 0 Å². The Balaban J connectivity index is 2.08. The fraction of sp³-hybridized carbons (Fsp3) is 0. The predicted molar refractivity (Wildman–Crippen MR) is 93.7 cm³/mol. The fourth-order valence-electron chi connectivity index (χ4n) is 3.33. The Bertz CT molecular complexity index is 1180. The highest BCUT2D eigenvalue weighted by atomic mass is 35.5. The van der Waals surface area contributed by atoms with Crippen LogP contribution >= 0.6 is 11.6 Å². The zero-order valence-corrected chi connectivity index (χ0v) is 12.4. The molecule has 22 heavy (non-hydrogen) atoms. The minimum Gasteiger partial charge on any atom is -0.456 e. The minimum absolute atomic E-state index is 0.761. The molecule has 0 fully saturated rings. The molecule has 0 saturated heterocycles. The lowest BCUT2D eigenvalue weighted by Crippen LogP contribution is -1.79. The van der Waals surface area contributed by atoms with Crippen LogP contribution in [0, 0.1) is 0 Å². The third-order valence-electron chi connectivity index (χ3n) is 4.32. The molecule has 1 nitrogen and oxygen atoms in total. The van der Waals surface area contributed by atoms with Gasteiger partial charge in [0.1, 0.15) is 11.2 Å². The average molecular weight is 303 g/mol. The van der Waals surface area contributed by atoms with Gasteiger partial charge in [-0.15, -0.1) is 0 Å². The first-order valence-corrected chi connectivity index (χ1v) is 7.61. The molecule has 0 aliphatic heterocycles. The molecule has 0 atom stereocenters. The van der Waals surface area contributed by atoms with Crippen LogP contribution in [-0.2, 0) is 0 Å². The Morgan fingerprint density at radius 3 is 2.41 bits per heavy atom. The lowest BCUT2D eigenvalue weighted by molar-refractivity contribution is 0.669. The molecule has 104 valence electrons. The molecule has 4 aromatic carbocycles. The number of para-hydroxylation sites is 1. The van der Waals surface area contributed by atoms with E-state index in [1.807, 2.05) is 30.3 Å². The number of hydrogen-bond donors (Lipinski definition) is 0. The lowest BCUT2D eigenvalue weighted by Gasteiger charge is -2.05. The SMILES string of the molecule is Clc1ccc2ccc3c(ccc4oc5ccccc5c43)c2c1. The van der Waals surface area contributed by atoms with Gasteiger partial charge in [0, 0.05) is 15.8 Å². The van der Waals surface area contributed by atoms with E-state index in [-0.39, 0.29) is 0 Å². The van der Waals surface area contributed by atoms with Crippen LogP contribution in [0.5, 0.6) is 0 Å². The third kappa shape index (κ3) is 1.54. The van der Waals surface area contributed by atoms with Gasteiger partial charge in [0.25, 0.3) is 0 Å². The Morgan fingerprint density at radius 1 is 0.636 bits per heavy atom. The van der Waals surface area contributed by atoms with E-state index < -0.39 is 0 Å². The van der Waals surface area contributed by atoms with Crippen LogP contribution in [0.4, 0.5) is 0 Å². The van der Waals surface area contributed by atoms with Gasteiger partial charge in [0.15, 0.2) is 0 Å². The van der Waals surface area contributed by atoms with E-state index in [0.29, 0.717) is 0 Å². The Kier molecular flexibility index (Phi) is 2.33. The van der Waals surface area contributed by atoms with Gasteiger partial charge in [-0.3, -0.25) is 0 Å². The number of halogens is 1. The average Bonchev–Trinajstić information content (AvgIpc) is 2.93. The maximum absolute atomic E-state index is 6.19. The first-order chi connectivity index (χ1) is 10.8. The largest absolute Gasteiger partial charge is 0.456 e. The molecule has 0 radical (unpaired) electrons. The highest BCUT2D eigenvalue weighted by Gasteiger charge is 2.11. The monoisotopic (exact) mass is 302 g/mol. The minimum atomic E-state index is 0.761. The van der Waals surface area contributed by atoms with Crippen LogP contribution in [0.3, 0.4) is 0 Å². The highest BCUT2D eigenvalue weighted by molar-refractivity contribution is 6.32. The molecule has 1 aromatic heterocycles. The quantitative estimate of drug-likeness (QED) is 0.296. The van der Waals surface area contributed by atoms with Crippen LogP contribution in [0.2, 0.25) is 5.02 Å². The Hall–Kier alpha value is -2.51. The van der Waals surface area contributed by atoms with Crippen molar-refractivity contribution in [2.24, 2.45) is 0 Å². The van der Waals surface area contributed by atoms with E-state index in [0.717, 1.165) is 21.6 Å². The second-order valence-corrected chi connectivity index (χ2v) is 6.00. The van der Waals surface area contributed by atoms with Crippen molar-refractivity contribution >= 4 is 55.1 Å². The first-order valence-electron chi connectivity index (χ1n) is 7.23. The van der Waals surface area contributed by atoms with Crippen LogP contribution in [0.1, 0.15) is 0 Å². The standard InChI is InChI=1S/C20H11ClO/c21-13-7-5-12-6-8-15-14(17(12)11-13)9-10-19-20(15)16-3-1-2-4-18(16)22-19/h1-11H. The van der Waals surface area contributed by atoms with Gasteiger partial charge in [0.2, 0.25) is 0 Å². The number of furan rings is 1. The summed E-state index contributed by atoms with van der Waals surface area (Å²) in [5.74, 6) is 0. The van der Waals surface area contributed by atoms with Gasteiger partial charge in [-0.25, -0.2) is 0 Å².